The van der Waals surface area contributed by atoms with Crippen molar-refractivity contribution in [2.45, 2.75) is 0 Å². The lowest BCUT2D eigenvalue weighted by molar-refractivity contribution is 0.584. The SMILES string of the molecule is O=c1ccc(-c2cc(F)cc(F)c2)c[nH]1. The summed E-state index contributed by atoms with van der Waals surface area (Å²) in [6, 6.07) is 6.02. The van der Waals surface area contributed by atoms with E-state index in [1.54, 1.807) is 0 Å². The fourth-order valence-electron chi connectivity index (χ4n) is 1.31. The number of hydrogen-bond donors (Lipinski definition) is 1. The second-order valence-corrected chi connectivity index (χ2v) is 3.10. The maximum Gasteiger partial charge on any atom is 0.247 e. The van der Waals surface area contributed by atoms with Gasteiger partial charge in [0.05, 0.1) is 0 Å². The van der Waals surface area contributed by atoms with E-state index in [9.17, 15) is 13.6 Å². The van der Waals surface area contributed by atoms with Crippen molar-refractivity contribution in [1.29, 1.82) is 0 Å². The van der Waals surface area contributed by atoms with Gasteiger partial charge in [-0.25, -0.2) is 8.78 Å². The van der Waals surface area contributed by atoms with Crippen molar-refractivity contribution in [3.05, 3.63) is 58.5 Å². The fourth-order valence-corrected chi connectivity index (χ4v) is 1.31. The Morgan fingerprint density at radius 3 is 2.13 bits per heavy atom. The molecule has 2 aromatic rings. The van der Waals surface area contributed by atoms with Crippen LogP contribution in [0, 0.1) is 11.6 Å². The van der Waals surface area contributed by atoms with E-state index in [1.165, 1.54) is 30.5 Å². The molecule has 0 fully saturated rings. The quantitative estimate of drug-likeness (QED) is 0.764. The van der Waals surface area contributed by atoms with Gasteiger partial charge in [-0.15, -0.1) is 0 Å². The normalized spacial score (nSPS) is 10.3. The van der Waals surface area contributed by atoms with Crippen molar-refractivity contribution < 1.29 is 8.78 Å². The third kappa shape index (κ3) is 2.10. The predicted octanol–water partition coefficient (Wildman–Crippen LogP) is 2.32. The highest BCUT2D eigenvalue weighted by molar-refractivity contribution is 5.62. The van der Waals surface area contributed by atoms with Crippen LogP contribution in [0.3, 0.4) is 0 Å². The first-order valence-electron chi connectivity index (χ1n) is 4.30. The first kappa shape index (κ1) is 9.58. The summed E-state index contributed by atoms with van der Waals surface area (Å²) in [7, 11) is 0. The van der Waals surface area contributed by atoms with Gasteiger partial charge >= 0.3 is 0 Å². The molecule has 0 aliphatic heterocycles. The number of halogens is 2. The van der Waals surface area contributed by atoms with Gasteiger partial charge in [0.1, 0.15) is 11.6 Å². The van der Waals surface area contributed by atoms with Crippen LogP contribution in [0.5, 0.6) is 0 Å². The van der Waals surface area contributed by atoms with Gasteiger partial charge in [-0.05, 0) is 29.3 Å². The molecule has 0 aliphatic rings. The predicted molar refractivity (Wildman–Crippen MR) is 52.4 cm³/mol. The highest BCUT2D eigenvalue weighted by Crippen LogP contribution is 2.19. The molecule has 2 rings (SSSR count). The minimum atomic E-state index is -0.642. The minimum Gasteiger partial charge on any atom is -0.328 e. The topological polar surface area (TPSA) is 32.9 Å². The highest BCUT2D eigenvalue weighted by atomic mass is 19.1. The average molecular weight is 207 g/mol. The molecule has 0 unspecified atom stereocenters. The lowest BCUT2D eigenvalue weighted by Gasteiger charge is -2.01. The smallest absolute Gasteiger partial charge is 0.247 e. The van der Waals surface area contributed by atoms with Gasteiger partial charge in [0, 0.05) is 18.3 Å². The van der Waals surface area contributed by atoms with E-state index in [-0.39, 0.29) is 5.56 Å². The molecule has 2 nitrogen and oxygen atoms in total. The Hall–Kier alpha value is -1.97. The van der Waals surface area contributed by atoms with Gasteiger partial charge in [0.15, 0.2) is 0 Å². The second-order valence-electron chi connectivity index (χ2n) is 3.10. The highest BCUT2D eigenvalue weighted by Gasteiger charge is 2.02. The molecule has 1 aromatic carbocycles. The molecule has 0 saturated carbocycles. The van der Waals surface area contributed by atoms with Crippen LogP contribution >= 0.6 is 0 Å². The van der Waals surface area contributed by atoms with E-state index in [0.717, 1.165) is 6.07 Å². The van der Waals surface area contributed by atoms with Crippen LogP contribution in [0.25, 0.3) is 11.1 Å². The van der Waals surface area contributed by atoms with Crippen molar-refractivity contribution >= 4 is 0 Å². The maximum atomic E-state index is 12.9. The molecule has 15 heavy (non-hydrogen) atoms. The zero-order valence-corrected chi connectivity index (χ0v) is 7.63. The summed E-state index contributed by atoms with van der Waals surface area (Å²) in [6.07, 6.45) is 1.41. The monoisotopic (exact) mass is 207 g/mol. The van der Waals surface area contributed by atoms with Crippen LogP contribution in [0.4, 0.5) is 8.78 Å². The first-order chi connectivity index (χ1) is 7.15. The van der Waals surface area contributed by atoms with Gasteiger partial charge in [-0.1, -0.05) is 0 Å². The van der Waals surface area contributed by atoms with Crippen LogP contribution in [-0.4, -0.2) is 4.98 Å². The van der Waals surface area contributed by atoms with Crippen LogP contribution in [0.1, 0.15) is 0 Å². The number of hydrogen-bond acceptors (Lipinski definition) is 1. The number of nitrogens with one attached hydrogen (secondary N) is 1. The number of aromatic amines is 1. The van der Waals surface area contributed by atoms with Gasteiger partial charge < -0.3 is 4.98 Å². The Labute approximate surface area is 84.2 Å². The summed E-state index contributed by atoms with van der Waals surface area (Å²) >= 11 is 0. The zero-order valence-electron chi connectivity index (χ0n) is 7.63. The number of rotatable bonds is 1. The Kier molecular flexibility index (Phi) is 2.33. The molecule has 0 spiro atoms. The van der Waals surface area contributed by atoms with Crippen LogP contribution in [-0.2, 0) is 0 Å². The standard InChI is InChI=1S/C11H7F2NO/c12-9-3-8(4-10(13)5-9)7-1-2-11(15)14-6-7/h1-6H,(H,14,15). The Morgan fingerprint density at radius 1 is 0.933 bits per heavy atom. The zero-order chi connectivity index (χ0) is 10.8. The molecule has 1 aromatic heterocycles. The molecule has 1 N–H and O–H groups in total. The molecular weight excluding hydrogens is 200 g/mol. The van der Waals surface area contributed by atoms with Gasteiger partial charge in [0.25, 0.3) is 0 Å². The Morgan fingerprint density at radius 2 is 1.60 bits per heavy atom. The van der Waals surface area contributed by atoms with Crippen molar-refractivity contribution in [2.24, 2.45) is 0 Å². The lowest BCUT2D eigenvalue weighted by atomic mass is 10.1. The second kappa shape index (κ2) is 3.65. The molecule has 0 bridgehead atoms. The molecule has 0 saturated heterocycles. The number of aromatic nitrogens is 1. The molecule has 0 radical (unpaired) electrons. The maximum absolute atomic E-state index is 12.9. The largest absolute Gasteiger partial charge is 0.328 e. The van der Waals surface area contributed by atoms with Crippen molar-refractivity contribution in [3.63, 3.8) is 0 Å². The molecular formula is C11H7F2NO. The molecule has 76 valence electrons. The Bertz CT molecular complexity index is 508. The van der Waals surface area contributed by atoms with Crippen LogP contribution < -0.4 is 5.56 Å². The van der Waals surface area contributed by atoms with Crippen molar-refractivity contribution in [1.82, 2.24) is 4.98 Å². The average Bonchev–Trinajstić information content (AvgIpc) is 2.17. The van der Waals surface area contributed by atoms with E-state index < -0.39 is 11.6 Å². The summed E-state index contributed by atoms with van der Waals surface area (Å²) in [5, 5.41) is 0. The van der Waals surface area contributed by atoms with Gasteiger partial charge in [0.2, 0.25) is 5.56 Å². The number of pyridine rings is 1. The summed E-state index contributed by atoms with van der Waals surface area (Å²) in [5.41, 5.74) is 0.701. The van der Waals surface area contributed by atoms with Crippen LogP contribution in [0.2, 0.25) is 0 Å². The molecule has 0 aliphatic carbocycles. The van der Waals surface area contributed by atoms with E-state index in [1.807, 2.05) is 0 Å². The van der Waals surface area contributed by atoms with E-state index in [0.29, 0.717) is 11.1 Å². The third-order valence-corrected chi connectivity index (χ3v) is 1.98. The van der Waals surface area contributed by atoms with Crippen LogP contribution in [0.15, 0.2) is 41.3 Å². The summed E-state index contributed by atoms with van der Waals surface area (Å²) in [6.45, 7) is 0. The van der Waals surface area contributed by atoms with E-state index in [4.69, 9.17) is 0 Å². The fraction of sp³-hybridized carbons (Fsp3) is 0. The minimum absolute atomic E-state index is 0.254. The summed E-state index contributed by atoms with van der Waals surface area (Å²) in [5.74, 6) is -1.28. The van der Waals surface area contributed by atoms with Gasteiger partial charge in [-0.3, -0.25) is 4.79 Å². The van der Waals surface area contributed by atoms with Crippen molar-refractivity contribution in [3.8, 4) is 11.1 Å². The molecule has 0 atom stereocenters. The first-order valence-corrected chi connectivity index (χ1v) is 4.30. The summed E-state index contributed by atoms with van der Waals surface area (Å²) < 4.78 is 25.8. The molecule has 0 amide bonds. The number of H-pyrrole nitrogens is 1. The summed E-state index contributed by atoms with van der Waals surface area (Å²) in [4.78, 5) is 13.2. The molecule has 4 heteroatoms. The Balaban J connectivity index is 2.53. The van der Waals surface area contributed by atoms with E-state index >= 15 is 0 Å². The number of benzene rings is 1. The lowest BCUT2D eigenvalue weighted by Crippen LogP contribution is -2.01. The molecule has 1 heterocycles. The third-order valence-electron chi connectivity index (χ3n) is 1.98. The van der Waals surface area contributed by atoms with E-state index in [2.05, 4.69) is 4.98 Å². The van der Waals surface area contributed by atoms with Crippen molar-refractivity contribution in [2.75, 3.05) is 0 Å². The van der Waals surface area contributed by atoms with Gasteiger partial charge in [-0.2, -0.15) is 0 Å².